The molecule has 1 amide bonds. The van der Waals surface area contributed by atoms with Gasteiger partial charge in [0.25, 0.3) is 0 Å². The van der Waals surface area contributed by atoms with E-state index in [1.807, 2.05) is 53.4 Å². The first kappa shape index (κ1) is 14.4. The number of amides is 1. The third kappa shape index (κ3) is 3.19. The fraction of sp³-hybridized carbons (Fsp3) is 0.211. The Morgan fingerprint density at radius 1 is 1.14 bits per heavy atom. The van der Waals surface area contributed by atoms with Gasteiger partial charge in [0.05, 0.1) is 7.11 Å². The lowest BCUT2D eigenvalue weighted by atomic mass is 9.99. The van der Waals surface area contributed by atoms with Gasteiger partial charge in [-0.2, -0.15) is 0 Å². The Morgan fingerprint density at radius 3 is 2.73 bits per heavy atom. The summed E-state index contributed by atoms with van der Waals surface area (Å²) < 4.78 is 5.26. The van der Waals surface area contributed by atoms with Crippen LogP contribution in [-0.4, -0.2) is 24.5 Å². The van der Waals surface area contributed by atoms with E-state index in [0.717, 1.165) is 24.3 Å². The third-order valence-corrected chi connectivity index (χ3v) is 3.96. The van der Waals surface area contributed by atoms with E-state index in [-0.39, 0.29) is 5.91 Å². The minimum atomic E-state index is 0.0531. The van der Waals surface area contributed by atoms with Crippen molar-refractivity contribution in [1.82, 2.24) is 4.90 Å². The molecule has 2 aromatic carbocycles. The molecule has 0 bridgehead atoms. The number of carbonyl (C=O) groups is 1. The van der Waals surface area contributed by atoms with Gasteiger partial charge in [-0.3, -0.25) is 4.79 Å². The van der Waals surface area contributed by atoms with Gasteiger partial charge in [0.15, 0.2) is 0 Å². The number of rotatable bonds is 3. The standard InChI is InChI=1S/C19H19NO2/c1-22-18-9-8-16-11-12-20(14-17(16)13-18)19(21)10-7-15-5-3-2-4-6-15/h2-10,13H,11-12,14H2,1H3/b10-7+. The van der Waals surface area contributed by atoms with Crippen molar-refractivity contribution in [2.24, 2.45) is 0 Å². The van der Waals surface area contributed by atoms with Crippen LogP contribution >= 0.6 is 0 Å². The van der Waals surface area contributed by atoms with Gasteiger partial charge in [-0.05, 0) is 41.3 Å². The molecule has 22 heavy (non-hydrogen) atoms. The first-order valence-corrected chi connectivity index (χ1v) is 7.44. The van der Waals surface area contributed by atoms with Crippen molar-refractivity contribution < 1.29 is 9.53 Å². The van der Waals surface area contributed by atoms with E-state index in [9.17, 15) is 4.79 Å². The maximum absolute atomic E-state index is 12.3. The molecule has 0 atom stereocenters. The van der Waals surface area contributed by atoms with Gasteiger partial charge >= 0.3 is 0 Å². The van der Waals surface area contributed by atoms with E-state index < -0.39 is 0 Å². The molecule has 0 saturated heterocycles. The highest BCUT2D eigenvalue weighted by atomic mass is 16.5. The highest BCUT2D eigenvalue weighted by molar-refractivity contribution is 5.91. The van der Waals surface area contributed by atoms with E-state index in [1.165, 1.54) is 11.1 Å². The van der Waals surface area contributed by atoms with Gasteiger partial charge < -0.3 is 9.64 Å². The molecule has 0 spiro atoms. The maximum Gasteiger partial charge on any atom is 0.246 e. The van der Waals surface area contributed by atoms with Crippen molar-refractivity contribution in [2.45, 2.75) is 13.0 Å². The Morgan fingerprint density at radius 2 is 1.95 bits per heavy atom. The normalized spacial score (nSPS) is 14.0. The highest BCUT2D eigenvalue weighted by Gasteiger charge is 2.19. The van der Waals surface area contributed by atoms with Crippen LogP contribution in [0.3, 0.4) is 0 Å². The molecular weight excluding hydrogens is 274 g/mol. The molecule has 0 aliphatic carbocycles. The molecule has 3 heteroatoms. The molecule has 0 saturated carbocycles. The summed E-state index contributed by atoms with van der Waals surface area (Å²) >= 11 is 0. The van der Waals surface area contributed by atoms with E-state index in [2.05, 4.69) is 6.07 Å². The van der Waals surface area contributed by atoms with Crippen LogP contribution in [0.1, 0.15) is 16.7 Å². The van der Waals surface area contributed by atoms with Crippen molar-refractivity contribution in [1.29, 1.82) is 0 Å². The number of benzene rings is 2. The molecule has 1 aliphatic rings. The molecule has 112 valence electrons. The Kier molecular flexibility index (Phi) is 4.24. The van der Waals surface area contributed by atoms with Crippen molar-refractivity contribution in [3.63, 3.8) is 0 Å². The average molecular weight is 293 g/mol. The molecule has 0 radical (unpaired) electrons. The van der Waals surface area contributed by atoms with Crippen LogP contribution < -0.4 is 4.74 Å². The summed E-state index contributed by atoms with van der Waals surface area (Å²) in [5.41, 5.74) is 3.51. The van der Waals surface area contributed by atoms with Gasteiger partial charge in [-0.1, -0.05) is 36.4 Å². The lowest BCUT2D eigenvalue weighted by molar-refractivity contribution is -0.126. The first-order valence-electron chi connectivity index (χ1n) is 7.44. The fourth-order valence-corrected chi connectivity index (χ4v) is 2.69. The number of hydrogen-bond acceptors (Lipinski definition) is 2. The molecule has 0 aromatic heterocycles. The van der Waals surface area contributed by atoms with Crippen molar-refractivity contribution >= 4 is 12.0 Å². The maximum atomic E-state index is 12.3. The number of carbonyl (C=O) groups excluding carboxylic acids is 1. The predicted octanol–water partition coefficient (Wildman–Crippen LogP) is 3.29. The van der Waals surface area contributed by atoms with Gasteiger partial charge in [-0.15, -0.1) is 0 Å². The lowest BCUT2D eigenvalue weighted by Crippen LogP contribution is -2.34. The minimum absolute atomic E-state index is 0.0531. The van der Waals surface area contributed by atoms with Gasteiger partial charge in [-0.25, -0.2) is 0 Å². The van der Waals surface area contributed by atoms with Crippen molar-refractivity contribution in [3.05, 3.63) is 71.3 Å². The van der Waals surface area contributed by atoms with E-state index in [4.69, 9.17) is 4.74 Å². The van der Waals surface area contributed by atoms with Crippen LogP contribution in [0.2, 0.25) is 0 Å². The molecule has 1 aliphatic heterocycles. The number of nitrogens with zero attached hydrogens (tertiary/aromatic N) is 1. The number of methoxy groups -OCH3 is 1. The zero-order valence-electron chi connectivity index (χ0n) is 12.7. The smallest absolute Gasteiger partial charge is 0.246 e. The average Bonchev–Trinajstić information content (AvgIpc) is 2.59. The third-order valence-electron chi connectivity index (χ3n) is 3.96. The predicted molar refractivity (Wildman–Crippen MR) is 87.6 cm³/mol. The van der Waals surface area contributed by atoms with Crippen LogP contribution in [-0.2, 0) is 17.8 Å². The van der Waals surface area contributed by atoms with E-state index >= 15 is 0 Å². The van der Waals surface area contributed by atoms with Crippen LogP contribution in [0.5, 0.6) is 5.75 Å². The number of fused-ring (bicyclic) bond motifs is 1. The fourth-order valence-electron chi connectivity index (χ4n) is 2.69. The largest absolute Gasteiger partial charge is 0.497 e. The molecule has 0 fully saturated rings. The summed E-state index contributed by atoms with van der Waals surface area (Å²) in [6.45, 7) is 1.40. The summed E-state index contributed by atoms with van der Waals surface area (Å²) in [5, 5.41) is 0. The van der Waals surface area contributed by atoms with Gasteiger partial charge in [0.2, 0.25) is 5.91 Å². The quantitative estimate of drug-likeness (QED) is 0.813. The zero-order chi connectivity index (χ0) is 15.4. The second kappa shape index (κ2) is 6.48. The van der Waals surface area contributed by atoms with Crippen LogP contribution in [0, 0.1) is 0 Å². The Bertz CT molecular complexity index is 692. The first-order chi connectivity index (χ1) is 10.8. The van der Waals surface area contributed by atoms with Crippen molar-refractivity contribution in [3.8, 4) is 5.75 Å². The highest BCUT2D eigenvalue weighted by Crippen LogP contribution is 2.24. The summed E-state index contributed by atoms with van der Waals surface area (Å²) in [6, 6.07) is 16.0. The molecule has 3 rings (SSSR count). The van der Waals surface area contributed by atoms with E-state index in [1.54, 1.807) is 13.2 Å². The Labute approximate surface area is 130 Å². The SMILES string of the molecule is COc1ccc2c(c1)CN(C(=O)/C=C/c1ccccc1)CC2. The van der Waals surface area contributed by atoms with Crippen molar-refractivity contribution in [2.75, 3.05) is 13.7 Å². The molecule has 0 unspecified atom stereocenters. The summed E-state index contributed by atoms with van der Waals surface area (Å²) in [6.07, 6.45) is 4.41. The van der Waals surface area contributed by atoms with Crippen LogP contribution in [0.25, 0.3) is 6.08 Å². The summed E-state index contributed by atoms with van der Waals surface area (Å²) in [7, 11) is 1.66. The summed E-state index contributed by atoms with van der Waals surface area (Å²) in [4.78, 5) is 14.2. The zero-order valence-corrected chi connectivity index (χ0v) is 12.7. The van der Waals surface area contributed by atoms with Gasteiger partial charge in [0, 0.05) is 19.2 Å². The van der Waals surface area contributed by atoms with E-state index in [0.29, 0.717) is 6.54 Å². The Hall–Kier alpha value is -2.55. The molecule has 0 N–H and O–H groups in total. The van der Waals surface area contributed by atoms with Crippen LogP contribution in [0.4, 0.5) is 0 Å². The molecule has 2 aromatic rings. The second-order valence-corrected chi connectivity index (χ2v) is 5.39. The number of hydrogen-bond donors (Lipinski definition) is 0. The lowest BCUT2D eigenvalue weighted by Gasteiger charge is -2.28. The number of ether oxygens (including phenoxy) is 1. The minimum Gasteiger partial charge on any atom is -0.497 e. The topological polar surface area (TPSA) is 29.5 Å². The molecule has 1 heterocycles. The molecule has 3 nitrogen and oxygen atoms in total. The monoisotopic (exact) mass is 293 g/mol. The van der Waals surface area contributed by atoms with Crippen LogP contribution in [0.15, 0.2) is 54.6 Å². The Balaban J connectivity index is 1.71. The second-order valence-electron chi connectivity index (χ2n) is 5.39. The molecular formula is C19H19NO2. The van der Waals surface area contributed by atoms with Gasteiger partial charge in [0.1, 0.15) is 5.75 Å². The summed E-state index contributed by atoms with van der Waals surface area (Å²) in [5.74, 6) is 0.894.